The second-order valence-corrected chi connectivity index (χ2v) is 6.67. The molecule has 0 saturated carbocycles. The van der Waals surface area contributed by atoms with Crippen molar-refractivity contribution in [3.8, 4) is 0 Å². The van der Waals surface area contributed by atoms with E-state index in [0.717, 1.165) is 18.8 Å². The van der Waals surface area contributed by atoms with Crippen LogP contribution in [-0.2, 0) is 20.7 Å². The average molecular weight is 436 g/mol. The minimum Gasteiger partial charge on any atom is -0.455 e. The van der Waals surface area contributed by atoms with E-state index in [0.29, 0.717) is 5.56 Å². The van der Waals surface area contributed by atoms with Crippen molar-refractivity contribution in [2.24, 2.45) is 0 Å². The number of carbonyl (C=O) groups excluding carboxylic acids is 3. The maximum absolute atomic E-state index is 13.7. The van der Waals surface area contributed by atoms with Crippen LogP contribution in [0.3, 0.4) is 0 Å². The topological polar surface area (TPSA) is 87.7 Å². The van der Waals surface area contributed by atoms with Crippen LogP contribution in [0.1, 0.15) is 29.8 Å². The lowest BCUT2D eigenvalue weighted by Crippen LogP contribution is -2.43. The van der Waals surface area contributed by atoms with Gasteiger partial charge in [0.05, 0.1) is 6.42 Å². The molecule has 0 aliphatic heterocycles. The highest BCUT2D eigenvalue weighted by atomic mass is 35.5. The largest absolute Gasteiger partial charge is 0.455 e. The van der Waals surface area contributed by atoms with Crippen LogP contribution in [0.2, 0.25) is 5.02 Å². The average Bonchev–Trinajstić information content (AvgIpc) is 2.74. The Hall–Kier alpha value is -3.13. The molecule has 0 heterocycles. The maximum atomic E-state index is 13.7. The lowest BCUT2D eigenvalue weighted by molar-refractivity contribution is -0.148. The van der Waals surface area contributed by atoms with Crippen molar-refractivity contribution < 1.29 is 23.5 Å². The standard InChI is InChI=1S/C21H23ClFN3O4/c1-3-26(4-2)15-10-8-14(9-11-15)21(29)25-24-19(27)13-30-20(28)12-16-17(22)6-5-7-18(16)23/h5-11H,3-4,12-13H2,1-2H3,(H,24,27)(H,25,29). The van der Waals surface area contributed by atoms with Crippen molar-refractivity contribution in [2.75, 3.05) is 24.6 Å². The van der Waals surface area contributed by atoms with E-state index in [1.54, 1.807) is 12.1 Å². The minimum atomic E-state index is -0.824. The van der Waals surface area contributed by atoms with Gasteiger partial charge < -0.3 is 9.64 Å². The van der Waals surface area contributed by atoms with Crippen molar-refractivity contribution in [3.05, 3.63) is 64.4 Å². The van der Waals surface area contributed by atoms with Gasteiger partial charge in [-0.3, -0.25) is 25.2 Å². The van der Waals surface area contributed by atoms with Crippen molar-refractivity contribution >= 4 is 35.1 Å². The summed E-state index contributed by atoms with van der Waals surface area (Å²) in [7, 11) is 0. The van der Waals surface area contributed by atoms with Crippen molar-refractivity contribution in [1.82, 2.24) is 10.9 Å². The number of ether oxygens (including phenoxy) is 1. The Kier molecular flexibility index (Phi) is 8.61. The van der Waals surface area contributed by atoms with Gasteiger partial charge in [-0.1, -0.05) is 17.7 Å². The number of anilines is 1. The van der Waals surface area contributed by atoms with Crippen LogP contribution in [0.5, 0.6) is 0 Å². The molecule has 0 spiro atoms. The summed E-state index contributed by atoms with van der Waals surface area (Å²) in [5.41, 5.74) is 5.74. The molecule has 0 bridgehead atoms. The van der Waals surface area contributed by atoms with E-state index in [4.69, 9.17) is 16.3 Å². The van der Waals surface area contributed by atoms with Gasteiger partial charge in [-0.05, 0) is 50.2 Å². The third-order valence-corrected chi connectivity index (χ3v) is 4.67. The van der Waals surface area contributed by atoms with Crippen molar-refractivity contribution in [3.63, 3.8) is 0 Å². The first-order valence-corrected chi connectivity index (χ1v) is 9.76. The first-order valence-electron chi connectivity index (χ1n) is 9.38. The van der Waals surface area contributed by atoms with Gasteiger partial charge in [0, 0.05) is 34.9 Å². The summed E-state index contributed by atoms with van der Waals surface area (Å²) >= 11 is 5.85. The molecule has 0 aliphatic rings. The third kappa shape index (κ3) is 6.45. The molecule has 7 nitrogen and oxygen atoms in total. The van der Waals surface area contributed by atoms with Gasteiger partial charge in [0.1, 0.15) is 5.82 Å². The summed E-state index contributed by atoms with van der Waals surface area (Å²) in [6.45, 7) is 5.14. The number of halogens is 2. The van der Waals surface area contributed by atoms with Gasteiger partial charge >= 0.3 is 5.97 Å². The number of amides is 2. The van der Waals surface area contributed by atoms with Gasteiger partial charge in [0.2, 0.25) is 0 Å². The monoisotopic (exact) mass is 435 g/mol. The predicted octanol–water partition coefficient (Wildman–Crippen LogP) is 2.87. The SMILES string of the molecule is CCN(CC)c1ccc(C(=O)NNC(=O)COC(=O)Cc2c(F)cccc2Cl)cc1. The smallest absolute Gasteiger partial charge is 0.310 e. The molecule has 30 heavy (non-hydrogen) atoms. The molecule has 0 radical (unpaired) electrons. The number of hydrazine groups is 1. The van der Waals surface area contributed by atoms with E-state index >= 15 is 0 Å². The molecule has 2 aromatic carbocycles. The van der Waals surface area contributed by atoms with Crippen LogP contribution in [-0.4, -0.2) is 37.5 Å². The predicted molar refractivity (Wildman–Crippen MR) is 112 cm³/mol. The summed E-state index contributed by atoms with van der Waals surface area (Å²) in [4.78, 5) is 37.8. The number of esters is 1. The Labute approximate surface area is 179 Å². The summed E-state index contributed by atoms with van der Waals surface area (Å²) in [6, 6.07) is 11.0. The van der Waals surface area contributed by atoms with Crippen LogP contribution in [0.15, 0.2) is 42.5 Å². The van der Waals surface area contributed by atoms with E-state index in [1.165, 1.54) is 18.2 Å². The summed E-state index contributed by atoms with van der Waals surface area (Å²) in [5, 5.41) is 0.0932. The van der Waals surface area contributed by atoms with Crippen LogP contribution in [0.25, 0.3) is 0 Å². The fourth-order valence-electron chi connectivity index (χ4n) is 2.69. The third-order valence-electron chi connectivity index (χ3n) is 4.32. The molecule has 2 rings (SSSR count). The normalized spacial score (nSPS) is 10.3. The Morgan fingerprint density at radius 3 is 2.30 bits per heavy atom. The van der Waals surface area contributed by atoms with Gasteiger partial charge in [-0.15, -0.1) is 0 Å². The Morgan fingerprint density at radius 2 is 1.70 bits per heavy atom. The lowest BCUT2D eigenvalue weighted by Gasteiger charge is -2.21. The number of benzene rings is 2. The van der Waals surface area contributed by atoms with E-state index in [-0.39, 0.29) is 10.6 Å². The highest BCUT2D eigenvalue weighted by Crippen LogP contribution is 2.19. The van der Waals surface area contributed by atoms with Gasteiger partial charge in [0.15, 0.2) is 6.61 Å². The molecule has 0 saturated heterocycles. The maximum Gasteiger partial charge on any atom is 0.310 e. The fourth-order valence-corrected chi connectivity index (χ4v) is 2.92. The second-order valence-electron chi connectivity index (χ2n) is 6.26. The molecule has 0 atom stereocenters. The molecular formula is C21H23ClFN3O4. The number of carbonyl (C=O) groups is 3. The van der Waals surface area contributed by atoms with Crippen molar-refractivity contribution in [1.29, 1.82) is 0 Å². The molecule has 0 unspecified atom stereocenters. The molecule has 9 heteroatoms. The first kappa shape index (κ1) is 23.2. The molecule has 2 N–H and O–H groups in total. The molecule has 0 aliphatic carbocycles. The molecular weight excluding hydrogens is 413 g/mol. The van der Waals surface area contributed by atoms with Gasteiger partial charge in [0.25, 0.3) is 11.8 Å². The number of rotatable bonds is 8. The number of hydrogen-bond acceptors (Lipinski definition) is 5. The molecule has 2 aromatic rings. The molecule has 0 fully saturated rings. The van der Waals surface area contributed by atoms with Gasteiger partial charge in [-0.25, -0.2) is 4.39 Å². The quantitative estimate of drug-likeness (QED) is 0.491. The molecule has 2 amide bonds. The van der Waals surface area contributed by atoms with E-state index in [1.807, 2.05) is 26.0 Å². The lowest BCUT2D eigenvalue weighted by atomic mass is 10.1. The van der Waals surface area contributed by atoms with Crippen LogP contribution in [0.4, 0.5) is 10.1 Å². The highest BCUT2D eigenvalue weighted by Gasteiger charge is 2.15. The second kappa shape index (κ2) is 11.2. The van der Waals surface area contributed by atoms with E-state index < -0.39 is 36.6 Å². The van der Waals surface area contributed by atoms with Crippen LogP contribution in [0, 0.1) is 5.82 Å². The number of nitrogens with one attached hydrogen (secondary N) is 2. The zero-order chi connectivity index (χ0) is 22.1. The van der Waals surface area contributed by atoms with Crippen LogP contribution < -0.4 is 15.8 Å². The molecule has 160 valence electrons. The van der Waals surface area contributed by atoms with Crippen molar-refractivity contribution in [2.45, 2.75) is 20.3 Å². The first-order chi connectivity index (χ1) is 14.3. The molecule has 0 aromatic heterocycles. The summed E-state index contributed by atoms with van der Waals surface area (Å²) in [6.07, 6.45) is -0.413. The van der Waals surface area contributed by atoms with Gasteiger partial charge in [-0.2, -0.15) is 0 Å². The summed E-state index contributed by atoms with van der Waals surface area (Å²) < 4.78 is 18.5. The zero-order valence-corrected chi connectivity index (χ0v) is 17.5. The zero-order valence-electron chi connectivity index (χ0n) is 16.7. The Morgan fingerprint density at radius 1 is 1.03 bits per heavy atom. The Bertz CT molecular complexity index is 881. The Balaban J connectivity index is 1.78. The summed E-state index contributed by atoms with van der Waals surface area (Å²) in [5.74, 6) is -2.71. The fraction of sp³-hybridized carbons (Fsp3) is 0.286. The number of hydrogen-bond donors (Lipinski definition) is 2. The minimum absolute atomic E-state index is 0.00830. The highest BCUT2D eigenvalue weighted by molar-refractivity contribution is 6.31. The van der Waals surface area contributed by atoms with E-state index in [2.05, 4.69) is 15.8 Å². The van der Waals surface area contributed by atoms with E-state index in [9.17, 15) is 18.8 Å². The van der Waals surface area contributed by atoms with Crippen LogP contribution >= 0.6 is 11.6 Å². The number of nitrogens with zero attached hydrogens (tertiary/aromatic N) is 1.